The van der Waals surface area contributed by atoms with E-state index in [0.29, 0.717) is 6.04 Å². The number of anilines is 1. The molecule has 0 atom stereocenters. The van der Waals surface area contributed by atoms with Crippen LogP contribution in [0.25, 0.3) is 0 Å². The summed E-state index contributed by atoms with van der Waals surface area (Å²) in [4.78, 5) is 13.8. The molecule has 20 heavy (non-hydrogen) atoms. The van der Waals surface area contributed by atoms with Crippen LogP contribution in [0.15, 0.2) is 12.4 Å². The summed E-state index contributed by atoms with van der Waals surface area (Å²) >= 11 is 0. The minimum atomic E-state index is 0.633. The number of aromatic nitrogens is 2. The Morgan fingerprint density at radius 3 is 2.35 bits per heavy atom. The van der Waals surface area contributed by atoms with Crippen molar-refractivity contribution >= 4 is 5.95 Å². The highest BCUT2D eigenvalue weighted by Gasteiger charge is 2.21. The van der Waals surface area contributed by atoms with E-state index in [1.165, 1.54) is 18.4 Å². The molecule has 0 bridgehead atoms. The number of hydrogen-bond acceptors (Lipinski definition) is 5. The first-order chi connectivity index (χ1) is 9.72. The van der Waals surface area contributed by atoms with Gasteiger partial charge in [-0.15, -0.1) is 0 Å². The van der Waals surface area contributed by atoms with Gasteiger partial charge in [0.05, 0.1) is 0 Å². The summed E-state index contributed by atoms with van der Waals surface area (Å²) in [6.07, 6.45) is 6.57. The number of hydrogen-bond donors (Lipinski definition) is 1. The maximum atomic E-state index is 4.53. The largest absolute Gasteiger partial charge is 0.338 e. The zero-order chi connectivity index (χ0) is 13.9. The van der Waals surface area contributed by atoms with Crippen molar-refractivity contribution in [3.05, 3.63) is 18.0 Å². The minimum Gasteiger partial charge on any atom is -0.338 e. The van der Waals surface area contributed by atoms with E-state index in [-0.39, 0.29) is 0 Å². The Bertz CT molecular complexity index is 418. The Morgan fingerprint density at radius 2 is 1.80 bits per heavy atom. The molecule has 1 saturated carbocycles. The van der Waals surface area contributed by atoms with Crippen molar-refractivity contribution in [1.82, 2.24) is 20.2 Å². The van der Waals surface area contributed by atoms with Crippen LogP contribution in [0.1, 0.15) is 32.3 Å². The Morgan fingerprint density at radius 1 is 1.15 bits per heavy atom. The van der Waals surface area contributed by atoms with Gasteiger partial charge in [-0.3, -0.25) is 4.90 Å². The van der Waals surface area contributed by atoms with Crippen LogP contribution in [0.4, 0.5) is 5.95 Å². The quantitative estimate of drug-likeness (QED) is 0.876. The average Bonchev–Trinajstić information content (AvgIpc) is 3.30. The van der Waals surface area contributed by atoms with Gasteiger partial charge in [-0.1, -0.05) is 0 Å². The molecule has 0 amide bonds. The molecule has 1 N–H and O–H groups in total. The van der Waals surface area contributed by atoms with E-state index in [1.807, 2.05) is 12.4 Å². The third-order valence-electron chi connectivity index (χ3n) is 4.19. The van der Waals surface area contributed by atoms with E-state index in [1.54, 1.807) is 0 Å². The van der Waals surface area contributed by atoms with Crippen molar-refractivity contribution < 1.29 is 0 Å². The van der Waals surface area contributed by atoms with Gasteiger partial charge in [-0.2, -0.15) is 0 Å². The van der Waals surface area contributed by atoms with E-state index in [2.05, 4.69) is 38.9 Å². The fourth-order valence-corrected chi connectivity index (χ4v) is 2.59. The lowest BCUT2D eigenvalue weighted by atomic mass is 10.2. The molecule has 1 aliphatic carbocycles. The van der Waals surface area contributed by atoms with E-state index >= 15 is 0 Å². The highest BCUT2D eigenvalue weighted by Crippen LogP contribution is 2.19. The average molecular weight is 275 g/mol. The molecule has 110 valence electrons. The van der Waals surface area contributed by atoms with Crippen LogP contribution >= 0.6 is 0 Å². The molecule has 0 radical (unpaired) electrons. The monoisotopic (exact) mass is 275 g/mol. The van der Waals surface area contributed by atoms with E-state index < -0.39 is 0 Å². The first kappa shape index (κ1) is 13.8. The van der Waals surface area contributed by atoms with E-state index in [9.17, 15) is 0 Å². The van der Waals surface area contributed by atoms with Gasteiger partial charge in [0, 0.05) is 62.8 Å². The van der Waals surface area contributed by atoms with Crippen molar-refractivity contribution in [3.8, 4) is 0 Å². The first-order valence-corrected chi connectivity index (χ1v) is 7.75. The number of rotatable bonds is 5. The fourth-order valence-electron chi connectivity index (χ4n) is 2.59. The third kappa shape index (κ3) is 3.46. The fraction of sp³-hybridized carbons (Fsp3) is 0.733. The van der Waals surface area contributed by atoms with Gasteiger partial charge in [0.1, 0.15) is 0 Å². The second kappa shape index (κ2) is 6.06. The maximum Gasteiger partial charge on any atom is 0.225 e. The molecule has 5 nitrogen and oxygen atoms in total. The molecule has 0 aromatic carbocycles. The van der Waals surface area contributed by atoms with Crippen LogP contribution < -0.4 is 10.2 Å². The molecule has 2 fully saturated rings. The van der Waals surface area contributed by atoms with Crippen LogP contribution in [-0.2, 0) is 6.54 Å². The maximum absolute atomic E-state index is 4.53. The molecular weight excluding hydrogens is 250 g/mol. The Kier molecular flexibility index (Phi) is 4.17. The van der Waals surface area contributed by atoms with Crippen LogP contribution in [0.5, 0.6) is 0 Å². The minimum absolute atomic E-state index is 0.633. The molecule has 1 aromatic heterocycles. The van der Waals surface area contributed by atoms with Crippen molar-refractivity contribution in [3.63, 3.8) is 0 Å². The van der Waals surface area contributed by atoms with E-state index in [4.69, 9.17) is 0 Å². The predicted octanol–water partition coefficient (Wildman–Crippen LogP) is 1.26. The summed E-state index contributed by atoms with van der Waals surface area (Å²) in [6, 6.07) is 1.37. The van der Waals surface area contributed by atoms with Gasteiger partial charge >= 0.3 is 0 Å². The Balaban J connectivity index is 1.52. The van der Waals surface area contributed by atoms with Crippen molar-refractivity contribution in [1.29, 1.82) is 0 Å². The second-order valence-electron chi connectivity index (χ2n) is 6.16. The molecule has 1 aliphatic heterocycles. The smallest absolute Gasteiger partial charge is 0.225 e. The lowest BCUT2D eigenvalue weighted by molar-refractivity contribution is 0.208. The topological polar surface area (TPSA) is 44.3 Å². The van der Waals surface area contributed by atoms with Gasteiger partial charge in [-0.25, -0.2) is 9.97 Å². The van der Waals surface area contributed by atoms with Gasteiger partial charge in [0.15, 0.2) is 0 Å². The van der Waals surface area contributed by atoms with Crippen LogP contribution in [0.3, 0.4) is 0 Å². The highest BCUT2D eigenvalue weighted by molar-refractivity contribution is 5.30. The summed E-state index contributed by atoms with van der Waals surface area (Å²) in [6.45, 7) is 9.67. The van der Waals surface area contributed by atoms with Gasteiger partial charge in [0.25, 0.3) is 0 Å². The van der Waals surface area contributed by atoms with Crippen molar-refractivity contribution in [2.24, 2.45) is 0 Å². The molecule has 2 aliphatic rings. The van der Waals surface area contributed by atoms with Crippen molar-refractivity contribution in [2.75, 3.05) is 31.1 Å². The summed E-state index contributed by atoms with van der Waals surface area (Å²) in [7, 11) is 0. The SMILES string of the molecule is CC(C)N1CCN(c2ncc(CNC3CC3)cn2)CC1. The third-order valence-corrected chi connectivity index (χ3v) is 4.19. The van der Waals surface area contributed by atoms with Crippen LogP contribution in [0.2, 0.25) is 0 Å². The number of nitrogens with zero attached hydrogens (tertiary/aromatic N) is 4. The molecule has 1 aromatic rings. The number of nitrogens with one attached hydrogen (secondary N) is 1. The van der Waals surface area contributed by atoms with Gasteiger partial charge in [-0.05, 0) is 26.7 Å². The molecule has 3 rings (SSSR count). The lowest BCUT2D eigenvalue weighted by Crippen LogP contribution is -2.49. The molecule has 5 heteroatoms. The summed E-state index contributed by atoms with van der Waals surface area (Å²) < 4.78 is 0. The Labute approximate surface area is 121 Å². The standard InChI is InChI=1S/C15H25N5/c1-12(2)19-5-7-20(8-6-19)15-17-10-13(11-18-15)9-16-14-3-4-14/h10-12,14,16H,3-9H2,1-2H3. The van der Waals surface area contributed by atoms with Crippen LogP contribution in [0, 0.1) is 0 Å². The predicted molar refractivity (Wildman–Crippen MR) is 80.8 cm³/mol. The highest BCUT2D eigenvalue weighted by atomic mass is 15.3. The van der Waals surface area contributed by atoms with E-state index in [0.717, 1.165) is 44.7 Å². The normalized spacial score (nSPS) is 20.6. The molecule has 1 saturated heterocycles. The molecule has 2 heterocycles. The molecule has 0 unspecified atom stereocenters. The van der Waals surface area contributed by atoms with Gasteiger partial charge in [0.2, 0.25) is 5.95 Å². The van der Waals surface area contributed by atoms with Crippen molar-refractivity contribution in [2.45, 2.75) is 45.3 Å². The molecular formula is C15H25N5. The summed E-state index contributed by atoms with van der Waals surface area (Å²) in [5, 5.41) is 3.49. The lowest BCUT2D eigenvalue weighted by Gasteiger charge is -2.36. The number of piperazine rings is 1. The molecule has 0 spiro atoms. The van der Waals surface area contributed by atoms with Gasteiger partial charge < -0.3 is 10.2 Å². The van der Waals surface area contributed by atoms with Crippen LogP contribution in [-0.4, -0.2) is 53.1 Å². The second-order valence-corrected chi connectivity index (χ2v) is 6.16. The zero-order valence-electron chi connectivity index (χ0n) is 12.5. The zero-order valence-corrected chi connectivity index (χ0v) is 12.5. The summed E-state index contributed by atoms with van der Waals surface area (Å²) in [5.74, 6) is 0.878. The Hall–Kier alpha value is -1.20. The summed E-state index contributed by atoms with van der Waals surface area (Å²) in [5.41, 5.74) is 1.18. The first-order valence-electron chi connectivity index (χ1n) is 7.75.